The van der Waals surface area contributed by atoms with E-state index in [2.05, 4.69) is 15.0 Å². The number of halogens is 1. The molecule has 212 valence electrons. The van der Waals surface area contributed by atoms with Crippen molar-refractivity contribution in [2.45, 2.75) is 39.4 Å². The zero-order valence-electron chi connectivity index (χ0n) is 23.7. The molecular weight excluding hydrogens is 570 g/mol. The number of carbonyl (C=O) groups is 1. The van der Waals surface area contributed by atoms with E-state index in [1.54, 1.807) is 30.9 Å². The van der Waals surface area contributed by atoms with Crippen molar-refractivity contribution >= 4 is 50.3 Å². The van der Waals surface area contributed by atoms with E-state index in [4.69, 9.17) is 21.3 Å². The molecule has 1 N–H and O–H groups in total. The molecule has 6 aromatic rings. The second kappa shape index (κ2) is 10.6. The van der Waals surface area contributed by atoms with Crippen molar-refractivity contribution in [3.8, 4) is 33.0 Å². The van der Waals surface area contributed by atoms with Crippen LogP contribution < -0.4 is 0 Å². The number of carboxylic acid groups (broad SMARTS) is 1. The minimum Gasteiger partial charge on any atom is -0.479 e. The molecule has 8 nitrogen and oxygen atoms in total. The lowest BCUT2D eigenvalue weighted by Crippen LogP contribution is -2.28. The van der Waals surface area contributed by atoms with Gasteiger partial charge in [-0.1, -0.05) is 23.7 Å². The van der Waals surface area contributed by atoms with Gasteiger partial charge in [0.2, 0.25) is 0 Å². The lowest BCUT2D eigenvalue weighted by atomic mass is 9.91. The normalized spacial score (nSPS) is 12.7. The quantitative estimate of drug-likeness (QED) is 0.208. The van der Waals surface area contributed by atoms with Crippen LogP contribution in [0.2, 0.25) is 5.02 Å². The maximum absolute atomic E-state index is 12.6. The number of rotatable bonds is 6. The Morgan fingerprint density at radius 2 is 1.76 bits per heavy atom. The van der Waals surface area contributed by atoms with Crippen molar-refractivity contribution in [2.24, 2.45) is 7.05 Å². The van der Waals surface area contributed by atoms with Crippen molar-refractivity contribution < 1.29 is 14.6 Å². The van der Waals surface area contributed by atoms with Crippen LogP contribution in [0.15, 0.2) is 67.3 Å². The van der Waals surface area contributed by atoms with Crippen molar-refractivity contribution in [3.05, 3.63) is 83.4 Å². The summed E-state index contributed by atoms with van der Waals surface area (Å²) in [4.78, 5) is 31.2. The SMILES string of the molecule is Cc1cc2nc(-c3ccnc(-c4cnc5c(c4)ncn5C)c3)sc2c(-c2ccc(Cl)cc2)c1C(OC(C)(C)C)C(=O)O. The monoisotopic (exact) mass is 597 g/mol. The number of aromatic nitrogens is 5. The summed E-state index contributed by atoms with van der Waals surface area (Å²) in [5.74, 6) is -1.05. The summed E-state index contributed by atoms with van der Waals surface area (Å²) in [7, 11) is 1.91. The summed E-state index contributed by atoms with van der Waals surface area (Å²) in [6.07, 6.45) is 4.12. The molecule has 1 atom stereocenters. The zero-order valence-corrected chi connectivity index (χ0v) is 25.3. The van der Waals surface area contributed by atoms with Crippen molar-refractivity contribution in [2.75, 3.05) is 0 Å². The molecule has 2 aromatic carbocycles. The Morgan fingerprint density at radius 1 is 1.00 bits per heavy atom. The van der Waals surface area contributed by atoms with Gasteiger partial charge in [0.05, 0.1) is 27.8 Å². The third-order valence-corrected chi connectivity index (χ3v) is 8.26. The first kappa shape index (κ1) is 28.0. The first-order valence-electron chi connectivity index (χ1n) is 13.3. The third-order valence-electron chi connectivity index (χ3n) is 6.87. The summed E-state index contributed by atoms with van der Waals surface area (Å²) in [5.41, 5.74) is 7.20. The molecule has 0 amide bonds. The molecule has 4 aromatic heterocycles. The average Bonchev–Trinajstić information content (AvgIpc) is 3.54. The third kappa shape index (κ3) is 5.27. The Morgan fingerprint density at radius 3 is 2.48 bits per heavy atom. The van der Waals surface area contributed by atoms with Gasteiger partial charge in [0.1, 0.15) is 10.5 Å². The zero-order chi connectivity index (χ0) is 29.8. The van der Waals surface area contributed by atoms with Crippen LogP contribution in [0.25, 0.3) is 54.3 Å². The maximum atomic E-state index is 12.6. The number of carboxylic acids is 1. The fraction of sp³-hybridized carbons (Fsp3) is 0.219. The van der Waals surface area contributed by atoms with E-state index in [1.807, 2.05) is 75.7 Å². The molecule has 0 bridgehead atoms. The highest BCUT2D eigenvalue weighted by Gasteiger charge is 2.32. The fourth-order valence-corrected chi connectivity index (χ4v) is 6.29. The molecule has 1 unspecified atom stereocenters. The molecule has 6 rings (SSSR count). The largest absolute Gasteiger partial charge is 0.479 e. The molecular formula is C32H28ClN5O3S. The number of fused-ring (bicyclic) bond motifs is 2. The van der Waals surface area contributed by atoms with Crippen LogP contribution in [0, 0.1) is 6.92 Å². The number of pyridine rings is 2. The first-order chi connectivity index (χ1) is 20.0. The van der Waals surface area contributed by atoms with Crippen LogP contribution in [-0.2, 0) is 16.6 Å². The highest BCUT2D eigenvalue weighted by molar-refractivity contribution is 7.22. The van der Waals surface area contributed by atoms with Crippen molar-refractivity contribution in [1.29, 1.82) is 0 Å². The second-order valence-corrected chi connectivity index (χ2v) is 12.6. The number of aryl methyl sites for hydroxylation is 2. The summed E-state index contributed by atoms with van der Waals surface area (Å²) in [6, 6.07) is 15.2. The standard InChI is InChI=1S/C32H28ClN5O3S/c1-17-12-23-28(26(18-6-8-21(33)9-7-18)25(17)27(31(39)40)41-32(2,3)4)42-30(37-23)19-10-11-34-22(13-19)20-14-24-29(35-15-20)38(5)16-36-24/h6-16,27H,1-5H3,(H,39,40). The fourth-order valence-electron chi connectivity index (χ4n) is 5.04. The van der Waals surface area contributed by atoms with Crippen LogP contribution in [0.5, 0.6) is 0 Å². The number of ether oxygens (including phenoxy) is 1. The number of hydrogen-bond acceptors (Lipinski definition) is 7. The van der Waals surface area contributed by atoms with Gasteiger partial charge in [-0.3, -0.25) is 4.98 Å². The number of hydrogen-bond donors (Lipinski definition) is 1. The van der Waals surface area contributed by atoms with Crippen LogP contribution in [0.3, 0.4) is 0 Å². The average molecular weight is 598 g/mol. The van der Waals surface area contributed by atoms with Crippen LogP contribution in [0.1, 0.15) is 38.0 Å². The van der Waals surface area contributed by atoms with Crippen LogP contribution in [0.4, 0.5) is 0 Å². The molecule has 42 heavy (non-hydrogen) atoms. The molecule has 4 heterocycles. The molecule has 0 fully saturated rings. The summed E-state index contributed by atoms with van der Waals surface area (Å²) >= 11 is 7.73. The maximum Gasteiger partial charge on any atom is 0.337 e. The Bertz CT molecular complexity index is 1980. The van der Waals surface area contributed by atoms with E-state index in [0.717, 1.165) is 59.9 Å². The number of thiazole rings is 1. The highest BCUT2D eigenvalue weighted by atomic mass is 35.5. The van der Waals surface area contributed by atoms with E-state index in [-0.39, 0.29) is 0 Å². The van der Waals surface area contributed by atoms with Gasteiger partial charge in [-0.2, -0.15) is 0 Å². The van der Waals surface area contributed by atoms with Crippen molar-refractivity contribution in [3.63, 3.8) is 0 Å². The van der Waals surface area contributed by atoms with Gasteiger partial charge in [0, 0.05) is 46.7 Å². The molecule has 0 aliphatic heterocycles. The molecule has 0 aliphatic carbocycles. The summed E-state index contributed by atoms with van der Waals surface area (Å²) < 4.78 is 8.87. The topological polar surface area (TPSA) is 103 Å². The number of benzene rings is 2. The van der Waals surface area contributed by atoms with E-state index in [9.17, 15) is 9.90 Å². The van der Waals surface area contributed by atoms with Gasteiger partial charge in [-0.05, 0) is 75.2 Å². The molecule has 10 heteroatoms. The van der Waals surface area contributed by atoms with Gasteiger partial charge in [0.25, 0.3) is 0 Å². The Balaban J connectivity index is 1.53. The molecule has 0 spiro atoms. The number of aliphatic carboxylic acids is 1. The van der Waals surface area contributed by atoms with E-state index in [1.165, 1.54) is 11.3 Å². The molecule has 0 saturated heterocycles. The van der Waals surface area contributed by atoms with E-state index < -0.39 is 17.7 Å². The van der Waals surface area contributed by atoms with Gasteiger partial charge in [-0.15, -0.1) is 11.3 Å². The van der Waals surface area contributed by atoms with Crippen LogP contribution >= 0.6 is 22.9 Å². The van der Waals surface area contributed by atoms with Crippen molar-refractivity contribution in [1.82, 2.24) is 24.5 Å². The van der Waals surface area contributed by atoms with E-state index >= 15 is 0 Å². The van der Waals surface area contributed by atoms with Gasteiger partial charge in [0.15, 0.2) is 11.8 Å². The first-order valence-corrected chi connectivity index (χ1v) is 14.5. The smallest absolute Gasteiger partial charge is 0.337 e. The van der Waals surface area contributed by atoms with Gasteiger partial charge >= 0.3 is 5.97 Å². The minimum absolute atomic E-state index is 0.595. The molecule has 0 saturated carbocycles. The van der Waals surface area contributed by atoms with Gasteiger partial charge < -0.3 is 14.4 Å². The van der Waals surface area contributed by atoms with Crippen LogP contribution in [-0.4, -0.2) is 41.2 Å². The highest BCUT2D eigenvalue weighted by Crippen LogP contribution is 2.44. The molecule has 0 aliphatic rings. The Hall–Kier alpha value is -4.18. The lowest BCUT2D eigenvalue weighted by Gasteiger charge is -2.28. The predicted octanol–water partition coefficient (Wildman–Crippen LogP) is 7.88. The summed E-state index contributed by atoms with van der Waals surface area (Å²) in [6.45, 7) is 7.46. The molecule has 0 radical (unpaired) electrons. The minimum atomic E-state index is -1.17. The Labute approximate surface area is 251 Å². The lowest BCUT2D eigenvalue weighted by molar-refractivity contribution is -0.160. The van der Waals surface area contributed by atoms with Gasteiger partial charge in [-0.25, -0.2) is 19.7 Å². The predicted molar refractivity (Wildman–Crippen MR) is 167 cm³/mol. The Kier molecular flexibility index (Phi) is 7.04. The second-order valence-electron chi connectivity index (χ2n) is 11.2. The number of imidazole rings is 1. The van der Waals surface area contributed by atoms with E-state index in [0.29, 0.717) is 10.6 Å². The number of nitrogens with zero attached hydrogens (tertiary/aromatic N) is 5. The summed E-state index contributed by atoms with van der Waals surface area (Å²) in [5, 5.41) is 11.7.